The molecule has 0 bridgehead atoms. The van der Waals surface area contributed by atoms with Gasteiger partial charge in [-0.25, -0.2) is 0 Å². The van der Waals surface area contributed by atoms with Gasteiger partial charge < -0.3 is 10.5 Å². The Bertz CT molecular complexity index is 394. The molecule has 0 amide bonds. The van der Waals surface area contributed by atoms with E-state index in [1.165, 1.54) is 0 Å². The summed E-state index contributed by atoms with van der Waals surface area (Å²) >= 11 is 0. The van der Waals surface area contributed by atoms with Crippen molar-refractivity contribution in [2.45, 2.75) is 38.6 Å². The summed E-state index contributed by atoms with van der Waals surface area (Å²) in [5.74, 6) is 2.21. The smallest absolute Gasteiger partial charge is 0.142 e. The first-order chi connectivity index (χ1) is 8.07. The fourth-order valence-corrected chi connectivity index (χ4v) is 2.79. The Morgan fingerprint density at radius 1 is 1.41 bits per heavy atom. The number of nitrogens with two attached hydrogens (primary N) is 1. The second-order valence-electron chi connectivity index (χ2n) is 5.41. The molecule has 0 aromatic carbocycles. The summed E-state index contributed by atoms with van der Waals surface area (Å²) in [6.45, 7) is 4.58. The largest absolute Gasteiger partial charge is 0.495 e. The number of methoxy groups -OCH3 is 1. The molecule has 1 saturated carbocycles. The van der Waals surface area contributed by atoms with Crippen LogP contribution in [0.2, 0.25) is 0 Å². The average Bonchev–Trinajstić information content (AvgIpc) is 2.34. The van der Waals surface area contributed by atoms with Gasteiger partial charge in [0.15, 0.2) is 0 Å². The van der Waals surface area contributed by atoms with Gasteiger partial charge in [0, 0.05) is 6.20 Å². The molecule has 1 aromatic heterocycles. The molecule has 1 aliphatic carbocycles. The van der Waals surface area contributed by atoms with E-state index in [-0.39, 0.29) is 5.54 Å². The van der Waals surface area contributed by atoms with Crippen LogP contribution in [-0.2, 0) is 5.54 Å². The highest BCUT2D eigenvalue weighted by Gasteiger charge is 2.38. The van der Waals surface area contributed by atoms with Crippen LogP contribution in [0.1, 0.15) is 38.8 Å². The third-order valence-electron chi connectivity index (χ3n) is 4.17. The lowest BCUT2D eigenvalue weighted by atomic mass is 9.70. The second kappa shape index (κ2) is 4.65. The highest BCUT2D eigenvalue weighted by Crippen LogP contribution is 2.42. The molecule has 3 atom stereocenters. The average molecular weight is 234 g/mol. The summed E-state index contributed by atoms with van der Waals surface area (Å²) in [6, 6.07) is 3.83. The van der Waals surface area contributed by atoms with Crippen LogP contribution in [0.5, 0.6) is 5.75 Å². The fourth-order valence-electron chi connectivity index (χ4n) is 2.79. The number of nitrogens with zero attached hydrogens (tertiary/aromatic N) is 1. The highest BCUT2D eigenvalue weighted by atomic mass is 16.5. The Kier molecular flexibility index (Phi) is 3.38. The van der Waals surface area contributed by atoms with Crippen LogP contribution < -0.4 is 10.5 Å². The summed E-state index contributed by atoms with van der Waals surface area (Å²) < 4.78 is 5.38. The van der Waals surface area contributed by atoms with E-state index in [0.717, 1.165) is 36.6 Å². The Balaban J connectivity index is 2.32. The minimum Gasteiger partial charge on any atom is -0.495 e. The second-order valence-corrected chi connectivity index (χ2v) is 5.41. The van der Waals surface area contributed by atoms with Crippen molar-refractivity contribution in [2.24, 2.45) is 17.6 Å². The zero-order valence-electron chi connectivity index (χ0n) is 10.9. The van der Waals surface area contributed by atoms with Crippen LogP contribution in [0.4, 0.5) is 0 Å². The summed E-state index contributed by atoms with van der Waals surface area (Å²) in [6.07, 6.45) is 4.94. The SMILES string of the molecule is COc1cccnc1C1(N)CCC(C)C(C)C1. The van der Waals surface area contributed by atoms with E-state index in [9.17, 15) is 0 Å². The molecule has 1 aliphatic rings. The number of aromatic nitrogens is 1. The predicted octanol–water partition coefficient (Wildman–Crippen LogP) is 2.70. The Labute approximate surface area is 103 Å². The van der Waals surface area contributed by atoms with Gasteiger partial charge in [-0.05, 0) is 43.2 Å². The maximum atomic E-state index is 6.57. The third-order valence-corrected chi connectivity index (χ3v) is 4.17. The molecule has 2 rings (SSSR count). The normalized spacial score (nSPS) is 33.4. The maximum Gasteiger partial charge on any atom is 0.142 e. The van der Waals surface area contributed by atoms with Gasteiger partial charge in [0.25, 0.3) is 0 Å². The van der Waals surface area contributed by atoms with Gasteiger partial charge in [-0.1, -0.05) is 13.8 Å². The van der Waals surface area contributed by atoms with Gasteiger partial charge in [0.05, 0.1) is 12.6 Å². The van der Waals surface area contributed by atoms with Crippen molar-refractivity contribution in [1.29, 1.82) is 0 Å². The van der Waals surface area contributed by atoms with Gasteiger partial charge in [-0.15, -0.1) is 0 Å². The van der Waals surface area contributed by atoms with Crippen molar-refractivity contribution >= 4 is 0 Å². The van der Waals surface area contributed by atoms with E-state index in [0.29, 0.717) is 5.92 Å². The van der Waals surface area contributed by atoms with Gasteiger partial charge in [-0.3, -0.25) is 4.98 Å². The molecule has 3 nitrogen and oxygen atoms in total. The summed E-state index contributed by atoms with van der Waals surface area (Å²) in [7, 11) is 1.68. The monoisotopic (exact) mass is 234 g/mol. The zero-order chi connectivity index (χ0) is 12.5. The molecule has 0 saturated heterocycles. The number of hydrogen-bond acceptors (Lipinski definition) is 3. The van der Waals surface area contributed by atoms with Crippen molar-refractivity contribution in [3.63, 3.8) is 0 Å². The van der Waals surface area contributed by atoms with Gasteiger partial charge in [0.1, 0.15) is 11.4 Å². The standard InChI is InChI=1S/C14H22N2O/c1-10-6-7-14(15,9-11(10)2)13-12(17-3)5-4-8-16-13/h4-5,8,10-11H,6-7,9,15H2,1-3H3. The van der Waals surface area contributed by atoms with E-state index < -0.39 is 0 Å². The van der Waals surface area contributed by atoms with Crippen LogP contribution in [0.3, 0.4) is 0 Å². The van der Waals surface area contributed by atoms with Gasteiger partial charge >= 0.3 is 0 Å². The van der Waals surface area contributed by atoms with Crippen molar-refractivity contribution in [2.75, 3.05) is 7.11 Å². The first kappa shape index (κ1) is 12.4. The minimum absolute atomic E-state index is 0.321. The molecule has 3 unspecified atom stereocenters. The number of rotatable bonds is 2. The Morgan fingerprint density at radius 2 is 2.18 bits per heavy atom. The predicted molar refractivity (Wildman–Crippen MR) is 68.8 cm³/mol. The van der Waals surface area contributed by atoms with Gasteiger partial charge in [-0.2, -0.15) is 0 Å². The van der Waals surface area contributed by atoms with Crippen LogP contribution in [0, 0.1) is 11.8 Å². The molecule has 0 spiro atoms. The van der Waals surface area contributed by atoms with Gasteiger partial charge in [0.2, 0.25) is 0 Å². The Hall–Kier alpha value is -1.09. The molecule has 1 heterocycles. The molecule has 0 radical (unpaired) electrons. The molecular formula is C14H22N2O. The quantitative estimate of drug-likeness (QED) is 0.856. The van der Waals surface area contributed by atoms with Crippen LogP contribution >= 0.6 is 0 Å². The number of ether oxygens (including phenoxy) is 1. The van der Waals surface area contributed by atoms with Crippen molar-refractivity contribution in [3.05, 3.63) is 24.0 Å². The van der Waals surface area contributed by atoms with Crippen LogP contribution in [0.15, 0.2) is 18.3 Å². The summed E-state index contributed by atoms with van der Waals surface area (Å²) in [5.41, 5.74) is 7.16. The molecule has 2 N–H and O–H groups in total. The fraction of sp³-hybridized carbons (Fsp3) is 0.643. The lowest BCUT2D eigenvalue weighted by Crippen LogP contribution is -2.44. The molecule has 3 heteroatoms. The van der Waals surface area contributed by atoms with Crippen molar-refractivity contribution in [1.82, 2.24) is 4.98 Å². The molecule has 1 aromatic rings. The van der Waals surface area contributed by atoms with E-state index in [1.807, 2.05) is 12.1 Å². The number of hydrogen-bond donors (Lipinski definition) is 1. The first-order valence-electron chi connectivity index (χ1n) is 6.35. The summed E-state index contributed by atoms with van der Waals surface area (Å²) in [5, 5.41) is 0. The molecule has 17 heavy (non-hydrogen) atoms. The van der Waals surface area contributed by atoms with Crippen molar-refractivity contribution in [3.8, 4) is 5.75 Å². The molecule has 94 valence electrons. The molecule has 0 aliphatic heterocycles. The highest BCUT2D eigenvalue weighted by molar-refractivity contribution is 5.33. The van der Waals surface area contributed by atoms with Crippen LogP contribution in [-0.4, -0.2) is 12.1 Å². The maximum absolute atomic E-state index is 6.57. The van der Waals surface area contributed by atoms with E-state index in [1.54, 1.807) is 13.3 Å². The molecule has 1 fully saturated rings. The minimum atomic E-state index is -0.321. The van der Waals surface area contributed by atoms with E-state index in [4.69, 9.17) is 10.5 Å². The third kappa shape index (κ3) is 2.29. The Morgan fingerprint density at radius 3 is 2.82 bits per heavy atom. The van der Waals surface area contributed by atoms with Crippen LogP contribution in [0.25, 0.3) is 0 Å². The van der Waals surface area contributed by atoms with E-state index in [2.05, 4.69) is 18.8 Å². The lowest BCUT2D eigenvalue weighted by molar-refractivity contribution is 0.169. The van der Waals surface area contributed by atoms with E-state index >= 15 is 0 Å². The first-order valence-corrected chi connectivity index (χ1v) is 6.35. The summed E-state index contributed by atoms with van der Waals surface area (Å²) in [4.78, 5) is 4.45. The lowest BCUT2D eigenvalue weighted by Gasteiger charge is -2.40. The number of pyridine rings is 1. The zero-order valence-corrected chi connectivity index (χ0v) is 10.9. The van der Waals surface area contributed by atoms with Crippen molar-refractivity contribution < 1.29 is 4.74 Å². The topological polar surface area (TPSA) is 48.1 Å². The molecular weight excluding hydrogens is 212 g/mol.